The second kappa shape index (κ2) is 6.06. The first-order chi connectivity index (χ1) is 9.04. The van der Waals surface area contributed by atoms with Gasteiger partial charge in [0, 0.05) is 11.0 Å². The molecule has 0 saturated carbocycles. The number of benzene rings is 1. The Morgan fingerprint density at radius 1 is 1.42 bits per heavy atom. The maximum Gasteiger partial charge on any atom is 0.243 e. The van der Waals surface area contributed by atoms with E-state index in [0.29, 0.717) is 24.4 Å². The van der Waals surface area contributed by atoms with Gasteiger partial charge in [-0.2, -0.15) is 4.98 Å². The van der Waals surface area contributed by atoms with Crippen LogP contribution >= 0.6 is 15.9 Å². The molecule has 5 nitrogen and oxygen atoms in total. The van der Waals surface area contributed by atoms with Gasteiger partial charge in [0.2, 0.25) is 11.9 Å². The Labute approximate surface area is 121 Å². The summed E-state index contributed by atoms with van der Waals surface area (Å²) in [5.41, 5.74) is 7.00. The average Bonchev–Trinajstić information content (AvgIpc) is 2.68. The minimum absolute atomic E-state index is 0.422. The van der Waals surface area contributed by atoms with Crippen LogP contribution in [0.5, 0.6) is 0 Å². The van der Waals surface area contributed by atoms with Gasteiger partial charge in [-0.25, -0.2) is 4.68 Å². The van der Waals surface area contributed by atoms with Crippen molar-refractivity contribution in [1.29, 1.82) is 0 Å². The third-order valence-electron chi connectivity index (χ3n) is 2.59. The van der Waals surface area contributed by atoms with E-state index in [1.165, 1.54) is 0 Å². The molecule has 0 atom stereocenters. The third kappa shape index (κ3) is 3.96. The number of hydrogen-bond acceptors (Lipinski definition) is 4. The van der Waals surface area contributed by atoms with E-state index in [1.54, 1.807) is 4.68 Å². The first-order valence-electron chi connectivity index (χ1n) is 6.23. The van der Waals surface area contributed by atoms with Gasteiger partial charge in [-0.15, -0.1) is 5.10 Å². The molecule has 0 radical (unpaired) electrons. The normalized spacial score (nSPS) is 10.9. The Balaban J connectivity index is 2.08. The summed E-state index contributed by atoms with van der Waals surface area (Å²) < 4.78 is 2.74. The number of halogens is 1. The lowest BCUT2D eigenvalue weighted by Gasteiger charge is -2.04. The predicted octanol–water partition coefficient (Wildman–Crippen LogP) is 2.74. The summed E-state index contributed by atoms with van der Waals surface area (Å²) in [5, 5.41) is 7.53. The number of nitrogens with one attached hydrogen (secondary N) is 1. The average molecular weight is 324 g/mol. The molecule has 0 bridgehead atoms. The van der Waals surface area contributed by atoms with E-state index in [4.69, 9.17) is 5.73 Å². The van der Waals surface area contributed by atoms with E-state index >= 15 is 0 Å². The van der Waals surface area contributed by atoms with Gasteiger partial charge in [0.1, 0.15) is 0 Å². The maximum absolute atomic E-state index is 5.87. The molecule has 102 valence electrons. The van der Waals surface area contributed by atoms with Crippen molar-refractivity contribution in [2.24, 2.45) is 5.92 Å². The van der Waals surface area contributed by atoms with Crippen LogP contribution in [-0.2, 0) is 6.54 Å². The summed E-state index contributed by atoms with van der Waals surface area (Å²) in [6, 6.07) is 8.06. The summed E-state index contributed by atoms with van der Waals surface area (Å²) >= 11 is 3.45. The summed E-state index contributed by atoms with van der Waals surface area (Å²) in [5.74, 6) is 1.55. The molecule has 0 unspecified atom stereocenters. The standard InChI is InChI=1S/C13H18BrN5/c1-9(2)7-16-13-17-12(15)19(18-13)8-10-4-3-5-11(14)6-10/h3-6,9H,7-8H2,1-2H3,(H3,15,16,17,18). The lowest BCUT2D eigenvalue weighted by atomic mass is 10.2. The van der Waals surface area contributed by atoms with Crippen LogP contribution in [0.4, 0.5) is 11.9 Å². The van der Waals surface area contributed by atoms with Crippen LogP contribution in [0.2, 0.25) is 0 Å². The molecule has 1 heterocycles. The highest BCUT2D eigenvalue weighted by molar-refractivity contribution is 9.10. The third-order valence-corrected chi connectivity index (χ3v) is 3.08. The summed E-state index contributed by atoms with van der Waals surface area (Å²) in [7, 11) is 0. The summed E-state index contributed by atoms with van der Waals surface area (Å²) in [6.07, 6.45) is 0. The number of nitrogens with zero attached hydrogens (tertiary/aromatic N) is 3. The molecule has 0 saturated heterocycles. The number of anilines is 2. The van der Waals surface area contributed by atoms with Crippen LogP contribution in [0.15, 0.2) is 28.7 Å². The van der Waals surface area contributed by atoms with Crippen molar-refractivity contribution >= 4 is 27.8 Å². The minimum Gasteiger partial charge on any atom is -0.368 e. The van der Waals surface area contributed by atoms with Crippen LogP contribution in [-0.4, -0.2) is 21.3 Å². The lowest BCUT2D eigenvalue weighted by Crippen LogP contribution is -2.10. The topological polar surface area (TPSA) is 68.8 Å². The Morgan fingerprint density at radius 3 is 2.89 bits per heavy atom. The van der Waals surface area contributed by atoms with Gasteiger partial charge in [0.25, 0.3) is 0 Å². The first kappa shape index (κ1) is 13.9. The highest BCUT2D eigenvalue weighted by Gasteiger charge is 2.07. The van der Waals surface area contributed by atoms with E-state index in [9.17, 15) is 0 Å². The van der Waals surface area contributed by atoms with Crippen LogP contribution in [0.25, 0.3) is 0 Å². The summed E-state index contributed by atoms with van der Waals surface area (Å²) in [6.45, 7) is 5.71. The van der Waals surface area contributed by atoms with E-state index in [1.807, 2.05) is 24.3 Å². The Bertz CT molecular complexity index is 550. The van der Waals surface area contributed by atoms with E-state index in [0.717, 1.165) is 16.6 Å². The van der Waals surface area contributed by atoms with Crippen molar-refractivity contribution < 1.29 is 0 Å². The molecular formula is C13H18BrN5. The van der Waals surface area contributed by atoms with Crippen LogP contribution in [0.1, 0.15) is 19.4 Å². The molecule has 0 aliphatic carbocycles. The molecule has 2 rings (SSSR count). The number of rotatable bonds is 5. The van der Waals surface area contributed by atoms with E-state index in [2.05, 4.69) is 45.2 Å². The van der Waals surface area contributed by atoms with Crippen LogP contribution in [0.3, 0.4) is 0 Å². The molecule has 0 aliphatic heterocycles. The fourth-order valence-electron chi connectivity index (χ4n) is 1.65. The minimum atomic E-state index is 0.422. The summed E-state index contributed by atoms with van der Waals surface area (Å²) in [4.78, 5) is 4.21. The van der Waals surface area contributed by atoms with Crippen LogP contribution in [0, 0.1) is 5.92 Å². The molecule has 6 heteroatoms. The number of aromatic nitrogens is 3. The second-order valence-electron chi connectivity index (χ2n) is 4.86. The predicted molar refractivity (Wildman–Crippen MR) is 81.0 cm³/mol. The fraction of sp³-hybridized carbons (Fsp3) is 0.385. The highest BCUT2D eigenvalue weighted by Crippen LogP contribution is 2.14. The number of nitrogens with two attached hydrogens (primary N) is 1. The Hall–Kier alpha value is -1.56. The maximum atomic E-state index is 5.87. The van der Waals surface area contributed by atoms with Crippen molar-refractivity contribution in [2.75, 3.05) is 17.6 Å². The van der Waals surface area contributed by atoms with Crippen molar-refractivity contribution in [3.8, 4) is 0 Å². The zero-order valence-electron chi connectivity index (χ0n) is 11.1. The molecule has 1 aromatic heterocycles. The molecule has 1 aromatic carbocycles. The Morgan fingerprint density at radius 2 is 2.21 bits per heavy atom. The first-order valence-corrected chi connectivity index (χ1v) is 7.02. The van der Waals surface area contributed by atoms with Crippen molar-refractivity contribution in [3.63, 3.8) is 0 Å². The van der Waals surface area contributed by atoms with Crippen molar-refractivity contribution in [1.82, 2.24) is 14.8 Å². The highest BCUT2D eigenvalue weighted by atomic mass is 79.9. The van der Waals surface area contributed by atoms with Crippen molar-refractivity contribution in [2.45, 2.75) is 20.4 Å². The lowest BCUT2D eigenvalue weighted by molar-refractivity contribution is 0.673. The van der Waals surface area contributed by atoms with Gasteiger partial charge in [-0.1, -0.05) is 41.9 Å². The molecule has 0 amide bonds. The Kier molecular flexibility index (Phi) is 4.42. The molecule has 0 fully saturated rings. The van der Waals surface area contributed by atoms with Gasteiger partial charge in [-0.3, -0.25) is 0 Å². The second-order valence-corrected chi connectivity index (χ2v) is 5.77. The zero-order valence-corrected chi connectivity index (χ0v) is 12.7. The number of hydrogen-bond donors (Lipinski definition) is 2. The molecule has 0 aliphatic rings. The molecule has 2 aromatic rings. The van der Waals surface area contributed by atoms with Gasteiger partial charge >= 0.3 is 0 Å². The van der Waals surface area contributed by atoms with Gasteiger partial charge < -0.3 is 11.1 Å². The monoisotopic (exact) mass is 323 g/mol. The van der Waals surface area contributed by atoms with Crippen molar-refractivity contribution in [3.05, 3.63) is 34.3 Å². The quantitative estimate of drug-likeness (QED) is 0.887. The SMILES string of the molecule is CC(C)CNc1nc(N)n(Cc2cccc(Br)c2)n1. The van der Waals surface area contributed by atoms with Gasteiger partial charge in [0.15, 0.2) is 0 Å². The fourth-order valence-corrected chi connectivity index (χ4v) is 2.10. The van der Waals surface area contributed by atoms with E-state index < -0.39 is 0 Å². The largest absolute Gasteiger partial charge is 0.368 e. The zero-order chi connectivity index (χ0) is 13.8. The smallest absolute Gasteiger partial charge is 0.243 e. The van der Waals surface area contributed by atoms with E-state index in [-0.39, 0.29) is 0 Å². The molecular weight excluding hydrogens is 306 g/mol. The van der Waals surface area contributed by atoms with Crippen LogP contribution < -0.4 is 11.1 Å². The van der Waals surface area contributed by atoms with Gasteiger partial charge in [-0.05, 0) is 23.6 Å². The van der Waals surface area contributed by atoms with Gasteiger partial charge in [0.05, 0.1) is 6.54 Å². The molecule has 3 N–H and O–H groups in total. The number of nitrogen functional groups attached to an aromatic ring is 1. The molecule has 0 spiro atoms. The molecule has 19 heavy (non-hydrogen) atoms.